The third kappa shape index (κ3) is 4.80. The minimum Gasteiger partial charge on any atom is -0.415 e. The van der Waals surface area contributed by atoms with Gasteiger partial charge in [-0.15, -0.1) is 0 Å². The molecule has 3 nitrogen and oxygen atoms in total. The van der Waals surface area contributed by atoms with Crippen molar-refractivity contribution in [2.75, 3.05) is 13.2 Å². The van der Waals surface area contributed by atoms with Gasteiger partial charge in [-0.3, -0.25) is 4.79 Å². The topological polar surface area (TPSA) is 38.3 Å². The first kappa shape index (κ1) is 15.9. The van der Waals surface area contributed by atoms with Crippen LogP contribution >= 0.6 is 0 Å². The van der Waals surface area contributed by atoms with Crippen molar-refractivity contribution in [1.82, 2.24) is 5.32 Å². The predicted molar refractivity (Wildman–Crippen MR) is 81.9 cm³/mol. The van der Waals surface area contributed by atoms with E-state index in [2.05, 4.69) is 26.1 Å². The maximum Gasteiger partial charge on any atom is 0.251 e. The maximum atomic E-state index is 11.8. The molecule has 1 N–H and O–H groups in total. The third-order valence-corrected chi connectivity index (χ3v) is 8.45. The van der Waals surface area contributed by atoms with E-state index in [9.17, 15) is 4.79 Å². The van der Waals surface area contributed by atoms with E-state index in [-0.39, 0.29) is 5.91 Å². The highest BCUT2D eigenvalue weighted by molar-refractivity contribution is 6.73. The van der Waals surface area contributed by atoms with E-state index in [0.717, 1.165) is 18.1 Å². The Morgan fingerprint density at radius 2 is 1.68 bits per heavy atom. The van der Waals surface area contributed by atoms with Gasteiger partial charge in [0.2, 0.25) is 0 Å². The van der Waals surface area contributed by atoms with Gasteiger partial charge in [-0.2, -0.15) is 0 Å². The summed E-state index contributed by atoms with van der Waals surface area (Å²) < 4.78 is 6.09. The Balaban J connectivity index is 2.33. The van der Waals surface area contributed by atoms with Crippen molar-refractivity contribution in [2.24, 2.45) is 0 Å². The van der Waals surface area contributed by atoms with Gasteiger partial charge in [-0.1, -0.05) is 39.0 Å². The van der Waals surface area contributed by atoms with E-state index in [0.29, 0.717) is 18.7 Å². The van der Waals surface area contributed by atoms with Gasteiger partial charge >= 0.3 is 0 Å². The molecule has 1 aromatic rings. The van der Waals surface area contributed by atoms with Crippen molar-refractivity contribution >= 4 is 14.2 Å². The van der Waals surface area contributed by atoms with Crippen LogP contribution in [0.2, 0.25) is 18.1 Å². The van der Waals surface area contributed by atoms with E-state index in [1.54, 1.807) is 0 Å². The molecule has 0 fully saturated rings. The summed E-state index contributed by atoms with van der Waals surface area (Å²) >= 11 is 0. The summed E-state index contributed by atoms with van der Waals surface area (Å²) in [7, 11) is -1.52. The van der Waals surface area contributed by atoms with Crippen LogP contribution in [0.15, 0.2) is 30.3 Å². The molecule has 19 heavy (non-hydrogen) atoms. The molecule has 0 radical (unpaired) electrons. The second kappa shape index (κ2) is 8.12. The third-order valence-electron chi connectivity index (χ3n) is 3.76. The molecule has 1 amide bonds. The van der Waals surface area contributed by atoms with Crippen LogP contribution in [0.4, 0.5) is 0 Å². The summed E-state index contributed by atoms with van der Waals surface area (Å²) in [4.78, 5) is 11.8. The molecule has 1 rings (SSSR count). The van der Waals surface area contributed by atoms with Crippen LogP contribution in [0.3, 0.4) is 0 Å². The number of carbonyl (C=O) groups is 1. The summed E-state index contributed by atoms with van der Waals surface area (Å²) in [6.45, 7) is 7.84. The van der Waals surface area contributed by atoms with Gasteiger partial charge in [-0.25, -0.2) is 0 Å². The minimum absolute atomic E-state index is 0.0269. The van der Waals surface area contributed by atoms with Crippen molar-refractivity contribution in [3.8, 4) is 0 Å². The first-order valence-electron chi connectivity index (χ1n) is 7.14. The number of carbonyl (C=O) groups excluding carboxylic acids is 1. The van der Waals surface area contributed by atoms with Gasteiger partial charge in [0.05, 0.1) is 6.61 Å². The van der Waals surface area contributed by atoms with Gasteiger partial charge < -0.3 is 9.74 Å². The molecule has 1 aromatic carbocycles. The van der Waals surface area contributed by atoms with Crippen molar-refractivity contribution in [3.05, 3.63) is 35.9 Å². The zero-order valence-corrected chi connectivity index (χ0v) is 13.2. The second-order valence-corrected chi connectivity index (χ2v) is 9.49. The number of amides is 1. The molecule has 0 bridgehead atoms. The van der Waals surface area contributed by atoms with Crippen LogP contribution in [0.25, 0.3) is 0 Å². The summed E-state index contributed by atoms with van der Waals surface area (Å²) in [6, 6.07) is 12.7. The Morgan fingerprint density at radius 1 is 1.11 bits per heavy atom. The fourth-order valence-corrected chi connectivity index (χ4v) is 4.83. The van der Waals surface area contributed by atoms with Crippen molar-refractivity contribution in [3.63, 3.8) is 0 Å². The van der Waals surface area contributed by atoms with Gasteiger partial charge in [0.25, 0.3) is 5.91 Å². The lowest BCUT2D eigenvalue weighted by atomic mass is 10.2. The van der Waals surface area contributed by atoms with Crippen LogP contribution in [0.5, 0.6) is 0 Å². The molecular formula is C15H25NO2Si. The van der Waals surface area contributed by atoms with Crippen LogP contribution in [0.1, 0.15) is 31.1 Å². The van der Waals surface area contributed by atoms with E-state index in [1.807, 2.05) is 30.3 Å². The molecule has 0 aliphatic rings. The molecule has 0 aromatic heterocycles. The zero-order chi connectivity index (χ0) is 14.1. The first-order chi connectivity index (χ1) is 9.17. The molecule has 0 aliphatic carbocycles. The van der Waals surface area contributed by atoms with E-state index >= 15 is 0 Å². The Morgan fingerprint density at radius 3 is 2.21 bits per heavy atom. The SMILES string of the molecule is CC[Si](CC)(CC)OCCNC(=O)c1ccccc1. The number of hydrogen-bond donors (Lipinski definition) is 1. The van der Waals surface area contributed by atoms with Gasteiger partial charge in [0.15, 0.2) is 8.32 Å². The Kier molecular flexibility index (Phi) is 6.81. The molecule has 106 valence electrons. The lowest BCUT2D eigenvalue weighted by molar-refractivity contribution is 0.0946. The van der Waals surface area contributed by atoms with E-state index in [4.69, 9.17) is 4.43 Å². The van der Waals surface area contributed by atoms with Gasteiger partial charge in [0, 0.05) is 12.1 Å². The van der Waals surface area contributed by atoms with Crippen molar-refractivity contribution < 1.29 is 9.22 Å². The van der Waals surface area contributed by atoms with Crippen LogP contribution in [0, 0.1) is 0 Å². The summed E-state index contributed by atoms with van der Waals surface area (Å²) in [5, 5.41) is 2.90. The first-order valence-corrected chi connectivity index (χ1v) is 9.67. The quantitative estimate of drug-likeness (QED) is 0.585. The highest BCUT2D eigenvalue weighted by Gasteiger charge is 2.28. The standard InChI is InChI=1S/C15H25NO2Si/c1-4-19(5-2,6-3)18-13-12-16-15(17)14-10-8-7-9-11-14/h7-11H,4-6,12-13H2,1-3H3,(H,16,17). The number of rotatable bonds is 8. The molecule has 0 atom stereocenters. The average molecular weight is 279 g/mol. The minimum atomic E-state index is -1.52. The number of benzene rings is 1. The highest BCUT2D eigenvalue weighted by Crippen LogP contribution is 2.20. The molecule has 0 aliphatic heterocycles. The lowest BCUT2D eigenvalue weighted by Crippen LogP contribution is -2.38. The highest BCUT2D eigenvalue weighted by atomic mass is 28.4. The summed E-state index contributed by atoms with van der Waals surface area (Å²) in [5.41, 5.74) is 0.701. The Labute approximate surface area is 117 Å². The fraction of sp³-hybridized carbons (Fsp3) is 0.533. The van der Waals surface area contributed by atoms with Crippen LogP contribution < -0.4 is 5.32 Å². The maximum absolute atomic E-state index is 11.8. The van der Waals surface area contributed by atoms with Crippen molar-refractivity contribution in [1.29, 1.82) is 0 Å². The van der Waals surface area contributed by atoms with Gasteiger partial charge in [-0.05, 0) is 30.3 Å². The Bertz CT molecular complexity index is 369. The fourth-order valence-electron chi connectivity index (χ4n) is 2.18. The molecule has 0 unspecified atom stereocenters. The molecular weight excluding hydrogens is 254 g/mol. The van der Waals surface area contributed by atoms with Crippen LogP contribution in [-0.2, 0) is 4.43 Å². The van der Waals surface area contributed by atoms with E-state index < -0.39 is 8.32 Å². The normalized spacial score (nSPS) is 11.3. The molecule has 0 saturated carbocycles. The summed E-state index contributed by atoms with van der Waals surface area (Å²) in [5.74, 6) is -0.0269. The molecule has 4 heteroatoms. The predicted octanol–water partition coefficient (Wildman–Crippen LogP) is 3.44. The van der Waals surface area contributed by atoms with Crippen molar-refractivity contribution in [2.45, 2.75) is 38.9 Å². The lowest BCUT2D eigenvalue weighted by Gasteiger charge is -2.27. The number of hydrogen-bond acceptors (Lipinski definition) is 2. The van der Waals surface area contributed by atoms with E-state index in [1.165, 1.54) is 0 Å². The molecule has 0 heterocycles. The second-order valence-electron chi connectivity index (χ2n) is 4.71. The molecule has 0 saturated heterocycles. The Hall–Kier alpha value is -1.13. The smallest absolute Gasteiger partial charge is 0.251 e. The van der Waals surface area contributed by atoms with Gasteiger partial charge in [0.1, 0.15) is 0 Å². The average Bonchev–Trinajstić information content (AvgIpc) is 2.49. The zero-order valence-electron chi connectivity index (χ0n) is 12.2. The van der Waals surface area contributed by atoms with Crippen LogP contribution in [-0.4, -0.2) is 27.4 Å². The monoisotopic (exact) mass is 279 g/mol. The largest absolute Gasteiger partial charge is 0.415 e. The summed E-state index contributed by atoms with van der Waals surface area (Å²) in [6.07, 6.45) is 0. The molecule has 0 spiro atoms. The number of nitrogens with one attached hydrogen (secondary N) is 1.